The molecule has 0 fully saturated rings. The van der Waals surface area contributed by atoms with E-state index in [1.807, 2.05) is 0 Å². The van der Waals surface area contributed by atoms with E-state index in [-0.39, 0.29) is 13.2 Å². The molecule has 16 heavy (non-hydrogen) atoms. The molecule has 0 aromatic carbocycles. The molecule has 0 aliphatic carbocycles. The molecule has 0 aliphatic rings. The molecular weight excluding hydrogens is 276 g/mol. The summed E-state index contributed by atoms with van der Waals surface area (Å²) in [6.45, 7) is 0.843. The van der Waals surface area contributed by atoms with Gasteiger partial charge in [0.15, 0.2) is 0 Å². The zero-order valence-corrected chi connectivity index (χ0v) is 10.6. The summed E-state index contributed by atoms with van der Waals surface area (Å²) in [6.07, 6.45) is 1.63. The Morgan fingerprint density at radius 1 is 1.38 bits per heavy atom. The average molecular weight is 291 g/mol. The Balaban J connectivity index is 2.96. The minimum Gasteiger partial charge on any atom is -0.395 e. The molecule has 1 rings (SSSR count). The Bertz CT molecular complexity index is 331. The van der Waals surface area contributed by atoms with E-state index in [1.54, 1.807) is 18.1 Å². The molecule has 0 atom stereocenters. The largest absolute Gasteiger partial charge is 0.395 e. The Labute approximate surface area is 102 Å². The van der Waals surface area contributed by atoms with Crippen LogP contribution < -0.4 is 10.2 Å². The quantitative estimate of drug-likeness (QED) is 0.688. The van der Waals surface area contributed by atoms with Crippen LogP contribution in [0.1, 0.15) is 0 Å². The minimum absolute atomic E-state index is 0.00529. The second-order valence-electron chi connectivity index (χ2n) is 3.05. The monoisotopic (exact) mass is 290 g/mol. The van der Waals surface area contributed by atoms with Gasteiger partial charge in [0.25, 0.3) is 0 Å². The van der Waals surface area contributed by atoms with Gasteiger partial charge < -0.3 is 20.4 Å². The van der Waals surface area contributed by atoms with Gasteiger partial charge in [-0.2, -0.15) is 4.98 Å². The first-order valence-corrected chi connectivity index (χ1v) is 5.69. The maximum absolute atomic E-state index is 8.94. The van der Waals surface area contributed by atoms with E-state index in [2.05, 4.69) is 31.2 Å². The number of aliphatic hydroxyl groups is 2. The molecule has 0 unspecified atom stereocenters. The molecule has 1 heterocycles. The van der Waals surface area contributed by atoms with Crippen molar-refractivity contribution in [2.75, 3.05) is 43.6 Å². The van der Waals surface area contributed by atoms with Crippen LogP contribution in [0.4, 0.5) is 11.8 Å². The number of anilines is 2. The molecule has 0 amide bonds. The van der Waals surface area contributed by atoms with Crippen molar-refractivity contribution in [3.8, 4) is 0 Å². The number of nitrogens with one attached hydrogen (secondary N) is 1. The highest BCUT2D eigenvalue weighted by atomic mass is 79.9. The van der Waals surface area contributed by atoms with Gasteiger partial charge in [-0.15, -0.1) is 0 Å². The van der Waals surface area contributed by atoms with E-state index < -0.39 is 0 Å². The third kappa shape index (κ3) is 3.29. The molecular formula is C9H15BrN4O2. The molecule has 3 N–H and O–H groups in total. The Hall–Kier alpha value is -0.920. The zero-order chi connectivity index (χ0) is 12.0. The van der Waals surface area contributed by atoms with Gasteiger partial charge in [0, 0.05) is 26.3 Å². The maximum Gasteiger partial charge on any atom is 0.224 e. The van der Waals surface area contributed by atoms with Crippen LogP contribution in [0.5, 0.6) is 0 Å². The van der Waals surface area contributed by atoms with Crippen molar-refractivity contribution in [2.24, 2.45) is 0 Å². The number of nitrogens with zero attached hydrogens (tertiary/aromatic N) is 3. The summed E-state index contributed by atoms with van der Waals surface area (Å²) in [5, 5.41) is 20.7. The number of rotatable bonds is 6. The summed E-state index contributed by atoms with van der Waals surface area (Å²) >= 11 is 3.34. The van der Waals surface area contributed by atoms with Crippen LogP contribution in [-0.2, 0) is 0 Å². The normalized spacial score (nSPS) is 10.2. The molecule has 6 nitrogen and oxygen atoms in total. The predicted octanol–water partition coefficient (Wildman–Crippen LogP) is 0.0718. The summed E-state index contributed by atoms with van der Waals surface area (Å²) < 4.78 is 0.730. The minimum atomic E-state index is 0.00529. The molecule has 90 valence electrons. The molecule has 0 saturated carbocycles. The van der Waals surface area contributed by atoms with E-state index in [9.17, 15) is 0 Å². The molecule has 0 saturated heterocycles. The van der Waals surface area contributed by atoms with Gasteiger partial charge in [-0.05, 0) is 15.9 Å². The standard InChI is InChI=1S/C9H15BrN4O2/c1-11-9-12-6-7(10)8(13-9)14(2-4-15)3-5-16/h6,15-16H,2-5H2,1H3,(H,11,12,13). The third-order valence-electron chi connectivity index (χ3n) is 1.99. The van der Waals surface area contributed by atoms with Gasteiger partial charge in [-0.25, -0.2) is 4.98 Å². The lowest BCUT2D eigenvalue weighted by Crippen LogP contribution is -2.31. The third-order valence-corrected chi connectivity index (χ3v) is 2.55. The summed E-state index contributed by atoms with van der Waals surface area (Å²) in [5.41, 5.74) is 0. The number of hydrogen-bond donors (Lipinski definition) is 3. The van der Waals surface area contributed by atoms with E-state index in [4.69, 9.17) is 10.2 Å². The van der Waals surface area contributed by atoms with Gasteiger partial charge in [-0.1, -0.05) is 0 Å². The fourth-order valence-electron chi connectivity index (χ4n) is 1.27. The number of aromatic nitrogens is 2. The van der Waals surface area contributed by atoms with E-state index >= 15 is 0 Å². The van der Waals surface area contributed by atoms with Crippen molar-refractivity contribution in [1.82, 2.24) is 9.97 Å². The van der Waals surface area contributed by atoms with Crippen molar-refractivity contribution in [1.29, 1.82) is 0 Å². The smallest absolute Gasteiger partial charge is 0.224 e. The van der Waals surface area contributed by atoms with E-state index in [1.165, 1.54) is 0 Å². The topological polar surface area (TPSA) is 81.5 Å². The molecule has 1 aromatic heterocycles. The lowest BCUT2D eigenvalue weighted by molar-refractivity contribution is 0.280. The second kappa shape index (κ2) is 6.62. The maximum atomic E-state index is 8.94. The van der Waals surface area contributed by atoms with Crippen LogP contribution in [0.3, 0.4) is 0 Å². The fourth-order valence-corrected chi connectivity index (χ4v) is 1.71. The Kier molecular flexibility index (Phi) is 5.44. The van der Waals surface area contributed by atoms with Crippen LogP contribution in [0.2, 0.25) is 0 Å². The average Bonchev–Trinajstić information content (AvgIpc) is 2.29. The molecule has 0 radical (unpaired) electrons. The summed E-state index contributed by atoms with van der Waals surface area (Å²) in [5.74, 6) is 1.15. The van der Waals surface area contributed by atoms with Crippen LogP contribution in [0, 0.1) is 0 Å². The molecule has 0 spiro atoms. The molecule has 0 aliphatic heterocycles. The van der Waals surface area contributed by atoms with Crippen LogP contribution in [0.25, 0.3) is 0 Å². The Morgan fingerprint density at radius 3 is 2.50 bits per heavy atom. The predicted molar refractivity (Wildman–Crippen MR) is 65.7 cm³/mol. The zero-order valence-electron chi connectivity index (χ0n) is 9.02. The lowest BCUT2D eigenvalue weighted by Gasteiger charge is -2.22. The first-order valence-electron chi connectivity index (χ1n) is 4.90. The molecule has 7 heteroatoms. The van der Waals surface area contributed by atoms with Crippen molar-refractivity contribution in [3.05, 3.63) is 10.7 Å². The van der Waals surface area contributed by atoms with E-state index in [0.717, 1.165) is 4.47 Å². The lowest BCUT2D eigenvalue weighted by atomic mass is 10.4. The first kappa shape index (κ1) is 13.1. The van der Waals surface area contributed by atoms with Crippen LogP contribution in [-0.4, -0.2) is 53.5 Å². The van der Waals surface area contributed by atoms with E-state index in [0.29, 0.717) is 24.9 Å². The SMILES string of the molecule is CNc1ncc(Br)c(N(CCO)CCO)n1. The highest BCUT2D eigenvalue weighted by Gasteiger charge is 2.12. The van der Waals surface area contributed by atoms with Gasteiger partial charge in [0.2, 0.25) is 5.95 Å². The summed E-state index contributed by atoms with van der Waals surface area (Å²) in [7, 11) is 1.73. The molecule has 1 aromatic rings. The van der Waals surface area contributed by atoms with Crippen molar-refractivity contribution in [3.63, 3.8) is 0 Å². The second-order valence-corrected chi connectivity index (χ2v) is 3.90. The highest BCUT2D eigenvalue weighted by molar-refractivity contribution is 9.10. The van der Waals surface area contributed by atoms with Crippen molar-refractivity contribution >= 4 is 27.7 Å². The van der Waals surface area contributed by atoms with Crippen LogP contribution >= 0.6 is 15.9 Å². The number of aliphatic hydroxyl groups excluding tert-OH is 2. The summed E-state index contributed by atoms with van der Waals surface area (Å²) in [4.78, 5) is 10.1. The fraction of sp³-hybridized carbons (Fsp3) is 0.556. The highest BCUT2D eigenvalue weighted by Crippen LogP contribution is 2.23. The Morgan fingerprint density at radius 2 is 2.00 bits per heavy atom. The van der Waals surface area contributed by atoms with Crippen molar-refractivity contribution < 1.29 is 10.2 Å². The van der Waals surface area contributed by atoms with Gasteiger partial charge in [0.1, 0.15) is 5.82 Å². The number of hydrogen-bond acceptors (Lipinski definition) is 6. The van der Waals surface area contributed by atoms with Gasteiger partial charge in [-0.3, -0.25) is 0 Å². The van der Waals surface area contributed by atoms with Crippen molar-refractivity contribution in [2.45, 2.75) is 0 Å². The number of halogens is 1. The van der Waals surface area contributed by atoms with Crippen LogP contribution in [0.15, 0.2) is 10.7 Å². The summed E-state index contributed by atoms with van der Waals surface area (Å²) in [6, 6.07) is 0. The molecule has 0 bridgehead atoms. The van der Waals surface area contributed by atoms with Gasteiger partial charge >= 0.3 is 0 Å². The first-order chi connectivity index (χ1) is 7.72. The van der Waals surface area contributed by atoms with Gasteiger partial charge in [0.05, 0.1) is 17.7 Å².